The second-order valence-corrected chi connectivity index (χ2v) is 5.64. The molecule has 1 amide bonds. The number of nitrogens with one attached hydrogen (secondary N) is 1. The number of amides is 1. The zero-order valence-electron chi connectivity index (χ0n) is 10.4. The van der Waals surface area contributed by atoms with Crippen LogP contribution in [0.1, 0.15) is 10.4 Å². The second-order valence-electron chi connectivity index (χ2n) is 3.93. The Morgan fingerprint density at radius 3 is 2.50 bits per heavy atom. The molecule has 0 saturated heterocycles. The van der Waals surface area contributed by atoms with Crippen molar-refractivity contribution >= 4 is 43.5 Å². The molecule has 0 aliphatic heterocycles. The van der Waals surface area contributed by atoms with E-state index in [0.29, 0.717) is 25.9 Å². The Morgan fingerprint density at radius 2 is 1.90 bits per heavy atom. The maximum absolute atomic E-state index is 13.1. The minimum atomic E-state index is -0.379. The highest BCUT2D eigenvalue weighted by Crippen LogP contribution is 2.26. The third kappa shape index (κ3) is 3.37. The predicted octanol–water partition coefficient (Wildman–Crippen LogP) is 4.61. The molecule has 2 rings (SSSR count). The lowest BCUT2D eigenvalue weighted by atomic mass is 10.2. The molecule has 0 unspecified atom stereocenters. The predicted molar refractivity (Wildman–Crippen MR) is 82.7 cm³/mol. The van der Waals surface area contributed by atoms with Crippen LogP contribution in [0, 0.1) is 5.82 Å². The molecule has 0 aromatic heterocycles. The van der Waals surface area contributed by atoms with Gasteiger partial charge in [-0.1, -0.05) is 0 Å². The van der Waals surface area contributed by atoms with Crippen molar-refractivity contribution in [1.29, 1.82) is 0 Å². The topological polar surface area (TPSA) is 38.3 Å². The first-order valence-electron chi connectivity index (χ1n) is 5.61. The van der Waals surface area contributed by atoms with Crippen LogP contribution in [-0.4, -0.2) is 13.0 Å². The zero-order valence-corrected chi connectivity index (χ0v) is 13.6. The Labute approximate surface area is 132 Å². The molecule has 0 aliphatic rings. The molecule has 3 nitrogen and oxygen atoms in total. The van der Waals surface area contributed by atoms with Gasteiger partial charge in [-0.2, -0.15) is 0 Å². The highest BCUT2D eigenvalue weighted by molar-refractivity contribution is 9.10. The fraction of sp³-hybridized carbons (Fsp3) is 0.0714. The van der Waals surface area contributed by atoms with Gasteiger partial charge in [-0.3, -0.25) is 4.79 Å². The van der Waals surface area contributed by atoms with Crippen molar-refractivity contribution in [2.24, 2.45) is 0 Å². The van der Waals surface area contributed by atoms with Crippen LogP contribution >= 0.6 is 31.9 Å². The summed E-state index contributed by atoms with van der Waals surface area (Å²) in [5.74, 6) is -0.0203. The number of anilines is 1. The highest BCUT2D eigenvalue weighted by Gasteiger charge is 2.10. The van der Waals surface area contributed by atoms with E-state index in [1.807, 2.05) is 0 Å². The Morgan fingerprint density at radius 1 is 1.15 bits per heavy atom. The summed E-state index contributed by atoms with van der Waals surface area (Å²) < 4.78 is 19.2. The lowest BCUT2D eigenvalue weighted by Gasteiger charge is -2.08. The van der Waals surface area contributed by atoms with Crippen LogP contribution in [0.3, 0.4) is 0 Å². The summed E-state index contributed by atoms with van der Waals surface area (Å²) in [6.07, 6.45) is 0. The quantitative estimate of drug-likeness (QED) is 0.813. The molecule has 0 bridgehead atoms. The number of rotatable bonds is 3. The van der Waals surface area contributed by atoms with Crippen molar-refractivity contribution in [1.82, 2.24) is 0 Å². The number of carbonyl (C=O) groups excluding carboxylic acids is 1. The summed E-state index contributed by atoms with van der Waals surface area (Å²) in [6.45, 7) is 0. The van der Waals surface area contributed by atoms with Crippen molar-refractivity contribution in [2.75, 3.05) is 12.4 Å². The average molecular weight is 403 g/mol. The molecular weight excluding hydrogens is 393 g/mol. The summed E-state index contributed by atoms with van der Waals surface area (Å²) >= 11 is 6.39. The minimum absolute atomic E-state index is 0.285. The van der Waals surface area contributed by atoms with Crippen LogP contribution in [0.25, 0.3) is 0 Å². The maximum Gasteiger partial charge on any atom is 0.255 e. The summed E-state index contributed by atoms with van der Waals surface area (Å²) in [4.78, 5) is 12.1. The Hall–Kier alpha value is -1.40. The molecule has 2 aromatic rings. The fourth-order valence-electron chi connectivity index (χ4n) is 1.58. The number of carbonyl (C=O) groups is 1. The van der Waals surface area contributed by atoms with Gasteiger partial charge < -0.3 is 10.1 Å². The summed E-state index contributed by atoms with van der Waals surface area (Å²) in [7, 11) is 1.55. The van der Waals surface area contributed by atoms with E-state index < -0.39 is 0 Å². The van der Waals surface area contributed by atoms with Gasteiger partial charge in [0, 0.05) is 11.3 Å². The first-order valence-corrected chi connectivity index (χ1v) is 7.20. The minimum Gasteiger partial charge on any atom is -0.496 e. The van der Waals surface area contributed by atoms with Crippen molar-refractivity contribution in [2.45, 2.75) is 0 Å². The molecule has 0 atom stereocenters. The molecule has 20 heavy (non-hydrogen) atoms. The average Bonchev–Trinajstić information content (AvgIpc) is 2.42. The van der Waals surface area contributed by atoms with E-state index in [9.17, 15) is 9.18 Å². The van der Waals surface area contributed by atoms with E-state index in [-0.39, 0.29) is 11.7 Å². The normalized spacial score (nSPS) is 10.2. The van der Waals surface area contributed by atoms with Crippen LogP contribution in [0.4, 0.5) is 10.1 Å². The van der Waals surface area contributed by atoms with Crippen LogP contribution < -0.4 is 10.1 Å². The molecule has 0 fully saturated rings. The van der Waals surface area contributed by atoms with Gasteiger partial charge in [0.25, 0.3) is 5.91 Å². The summed E-state index contributed by atoms with van der Waals surface area (Å²) in [5, 5.41) is 2.69. The number of hydrogen-bond acceptors (Lipinski definition) is 2. The number of methoxy groups -OCH3 is 1. The van der Waals surface area contributed by atoms with Gasteiger partial charge in [-0.05, 0) is 68.3 Å². The molecule has 0 heterocycles. The van der Waals surface area contributed by atoms with E-state index in [1.165, 1.54) is 18.2 Å². The van der Waals surface area contributed by atoms with Crippen molar-refractivity contribution in [3.63, 3.8) is 0 Å². The Kier molecular flexibility index (Phi) is 4.77. The molecule has 104 valence electrons. The first kappa shape index (κ1) is 15.0. The van der Waals surface area contributed by atoms with Gasteiger partial charge in [0.15, 0.2) is 0 Å². The van der Waals surface area contributed by atoms with Gasteiger partial charge in [0.1, 0.15) is 11.6 Å². The number of benzene rings is 2. The van der Waals surface area contributed by atoms with Gasteiger partial charge in [0.05, 0.1) is 16.1 Å². The molecular formula is C14H10Br2FNO2. The second kappa shape index (κ2) is 6.37. The van der Waals surface area contributed by atoms with Gasteiger partial charge in [0.2, 0.25) is 0 Å². The Bertz CT molecular complexity index is 662. The third-order valence-corrected chi connectivity index (χ3v) is 3.82. The van der Waals surface area contributed by atoms with Crippen LogP contribution in [-0.2, 0) is 0 Å². The molecule has 0 aliphatic carbocycles. The molecule has 6 heteroatoms. The van der Waals surface area contributed by atoms with Crippen LogP contribution in [0.5, 0.6) is 5.75 Å². The lowest BCUT2D eigenvalue weighted by Crippen LogP contribution is -2.12. The van der Waals surface area contributed by atoms with Crippen molar-refractivity contribution < 1.29 is 13.9 Å². The monoisotopic (exact) mass is 401 g/mol. The number of hydrogen-bond donors (Lipinski definition) is 1. The van der Waals surface area contributed by atoms with Gasteiger partial charge >= 0.3 is 0 Å². The highest BCUT2D eigenvalue weighted by atomic mass is 79.9. The SMILES string of the molecule is COc1ccc(C(=O)Nc2ccc(F)c(Br)c2)cc1Br. The van der Waals surface area contributed by atoms with E-state index >= 15 is 0 Å². The van der Waals surface area contributed by atoms with E-state index in [1.54, 1.807) is 25.3 Å². The number of ether oxygens (including phenoxy) is 1. The molecule has 0 spiro atoms. The summed E-state index contributed by atoms with van der Waals surface area (Å²) in [5.41, 5.74) is 0.980. The molecule has 0 saturated carbocycles. The van der Waals surface area contributed by atoms with Crippen molar-refractivity contribution in [3.8, 4) is 5.75 Å². The maximum atomic E-state index is 13.1. The Balaban J connectivity index is 2.19. The van der Waals surface area contributed by atoms with Crippen LogP contribution in [0.15, 0.2) is 45.3 Å². The van der Waals surface area contributed by atoms with Crippen molar-refractivity contribution in [3.05, 3.63) is 56.7 Å². The fourth-order valence-corrected chi connectivity index (χ4v) is 2.50. The van der Waals surface area contributed by atoms with Crippen LogP contribution in [0.2, 0.25) is 0 Å². The zero-order chi connectivity index (χ0) is 14.7. The first-order chi connectivity index (χ1) is 9.51. The number of halogens is 3. The smallest absolute Gasteiger partial charge is 0.255 e. The van der Waals surface area contributed by atoms with E-state index in [4.69, 9.17) is 4.74 Å². The molecule has 1 N–H and O–H groups in total. The summed E-state index contributed by atoms with van der Waals surface area (Å²) in [6, 6.07) is 9.29. The molecule has 2 aromatic carbocycles. The van der Waals surface area contributed by atoms with Gasteiger partial charge in [-0.25, -0.2) is 4.39 Å². The molecule has 0 radical (unpaired) electrons. The third-order valence-electron chi connectivity index (χ3n) is 2.59. The van der Waals surface area contributed by atoms with E-state index in [2.05, 4.69) is 37.2 Å². The largest absolute Gasteiger partial charge is 0.496 e. The van der Waals surface area contributed by atoms with Gasteiger partial charge in [-0.15, -0.1) is 0 Å². The van der Waals surface area contributed by atoms with E-state index in [0.717, 1.165) is 0 Å². The lowest BCUT2D eigenvalue weighted by molar-refractivity contribution is 0.102. The standard InChI is InChI=1S/C14H10Br2FNO2/c1-20-13-5-2-8(6-11(13)16)14(19)18-9-3-4-12(17)10(15)7-9/h2-7H,1H3,(H,18,19).